The van der Waals surface area contributed by atoms with E-state index in [1.54, 1.807) is 0 Å². The van der Waals surface area contributed by atoms with Crippen LogP contribution in [0.1, 0.15) is 61.9 Å². The Kier molecular flexibility index (Phi) is 6.06. The van der Waals surface area contributed by atoms with Crippen LogP contribution in [0, 0.1) is 0 Å². The third kappa shape index (κ3) is 4.86. The average Bonchev–Trinajstić information content (AvgIpc) is 2.67. The predicted octanol–water partition coefficient (Wildman–Crippen LogP) is 5.43. The molecule has 1 aliphatic rings. The van der Waals surface area contributed by atoms with Gasteiger partial charge >= 0.3 is 6.09 Å². The van der Waals surface area contributed by atoms with Crippen molar-refractivity contribution < 1.29 is 14.4 Å². The number of oxime groups is 1. The molecule has 2 aromatic rings. The van der Waals surface area contributed by atoms with Gasteiger partial charge in [-0.15, -0.1) is 0 Å². The van der Waals surface area contributed by atoms with E-state index in [-0.39, 0.29) is 12.0 Å². The van der Waals surface area contributed by atoms with Crippen LogP contribution in [0.15, 0.2) is 59.8 Å². The fraction of sp³-hybridized carbons (Fsp3) is 0.333. The van der Waals surface area contributed by atoms with Gasteiger partial charge in [0, 0.05) is 11.5 Å². The van der Waals surface area contributed by atoms with Crippen LogP contribution in [0.25, 0.3) is 6.08 Å². The highest BCUT2D eigenvalue weighted by Crippen LogP contribution is 2.40. The summed E-state index contributed by atoms with van der Waals surface area (Å²) in [7, 11) is 1.54. The van der Waals surface area contributed by atoms with Crippen LogP contribution in [0.2, 0.25) is 0 Å². The number of fused-ring (bicyclic) bond motifs is 1. The molecular weight excluding hydrogens is 364 g/mol. The SMILES string of the molecule is CO/N=C(\C)c1ccccc1C1C=Cc2ccccc2C1NC(=O)OC(C)(C)C. The number of nitrogens with one attached hydrogen (secondary N) is 1. The lowest BCUT2D eigenvalue weighted by atomic mass is 9.79. The molecule has 2 aromatic carbocycles. The molecule has 0 saturated heterocycles. The first-order chi connectivity index (χ1) is 13.8. The van der Waals surface area contributed by atoms with E-state index in [2.05, 4.69) is 34.8 Å². The number of ether oxygens (including phenoxy) is 1. The zero-order valence-corrected chi connectivity index (χ0v) is 17.6. The van der Waals surface area contributed by atoms with E-state index in [1.807, 2.05) is 64.1 Å². The molecule has 2 atom stereocenters. The van der Waals surface area contributed by atoms with E-state index in [9.17, 15) is 4.79 Å². The number of hydrogen-bond donors (Lipinski definition) is 1. The Morgan fingerprint density at radius 3 is 2.38 bits per heavy atom. The number of benzene rings is 2. The van der Waals surface area contributed by atoms with E-state index < -0.39 is 11.7 Å². The van der Waals surface area contributed by atoms with Gasteiger partial charge in [0.2, 0.25) is 0 Å². The molecule has 0 fully saturated rings. The summed E-state index contributed by atoms with van der Waals surface area (Å²) in [5.41, 5.74) is 4.42. The first-order valence-electron chi connectivity index (χ1n) is 9.74. The number of nitrogens with zero attached hydrogens (tertiary/aromatic N) is 1. The lowest BCUT2D eigenvalue weighted by Gasteiger charge is -2.33. The molecule has 5 heteroatoms. The van der Waals surface area contributed by atoms with Crippen LogP contribution >= 0.6 is 0 Å². The maximum absolute atomic E-state index is 12.6. The minimum absolute atomic E-state index is 0.0735. The third-order valence-corrected chi connectivity index (χ3v) is 4.78. The average molecular weight is 392 g/mol. The maximum atomic E-state index is 12.6. The number of amides is 1. The Morgan fingerprint density at radius 2 is 1.69 bits per heavy atom. The molecule has 0 aromatic heterocycles. The molecule has 29 heavy (non-hydrogen) atoms. The van der Waals surface area contributed by atoms with E-state index in [0.29, 0.717) is 0 Å². The van der Waals surface area contributed by atoms with Crippen molar-refractivity contribution in [3.05, 3.63) is 76.9 Å². The van der Waals surface area contributed by atoms with Gasteiger partial charge in [-0.3, -0.25) is 0 Å². The van der Waals surface area contributed by atoms with Gasteiger partial charge in [0.15, 0.2) is 0 Å². The lowest BCUT2D eigenvalue weighted by Crippen LogP contribution is -2.38. The van der Waals surface area contributed by atoms with E-state index in [4.69, 9.17) is 9.57 Å². The van der Waals surface area contributed by atoms with Gasteiger partial charge in [-0.1, -0.05) is 65.8 Å². The Bertz CT molecular complexity index is 941. The van der Waals surface area contributed by atoms with Crippen LogP contribution in [-0.4, -0.2) is 24.5 Å². The predicted molar refractivity (Wildman–Crippen MR) is 116 cm³/mol. The number of alkyl carbamates (subject to hydrolysis) is 1. The van der Waals surface area contributed by atoms with E-state index in [0.717, 1.165) is 28.0 Å². The van der Waals surface area contributed by atoms with Crippen LogP contribution in [0.4, 0.5) is 4.79 Å². The van der Waals surface area contributed by atoms with Crippen LogP contribution in [-0.2, 0) is 9.57 Å². The summed E-state index contributed by atoms with van der Waals surface area (Å²) in [5.74, 6) is -0.0735. The molecular formula is C24H28N2O3. The highest BCUT2D eigenvalue weighted by molar-refractivity contribution is 6.00. The smallest absolute Gasteiger partial charge is 0.408 e. The minimum Gasteiger partial charge on any atom is -0.444 e. The summed E-state index contributed by atoms with van der Waals surface area (Å²) in [6.45, 7) is 7.50. The van der Waals surface area contributed by atoms with Crippen LogP contribution < -0.4 is 5.32 Å². The van der Waals surface area contributed by atoms with Gasteiger partial charge in [-0.25, -0.2) is 4.79 Å². The molecule has 2 unspecified atom stereocenters. The fourth-order valence-corrected chi connectivity index (χ4v) is 3.65. The van der Waals surface area contributed by atoms with Crippen LogP contribution in [0.3, 0.4) is 0 Å². The van der Waals surface area contributed by atoms with Crippen LogP contribution in [0.5, 0.6) is 0 Å². The molecule has 1 N–H and O–H groups in total. The summed E-state index contributed by atoms with van der Waals surface area (Å²) in [6.07, 6.45) is 3.80. The summed E-state index contributed by atoms with van der Waals surface area (Å²) < 4.78 is 5.54. The van der Waals surface area contributed by atoms with E-state index in [1.165, 1.54) is 7.11 Å². The maximum Gasteiger partial charge on any atom is 0.408 e. The number of hydrogen-bond acceptors (Lipinski definition) is 4. The summed E-state index contributed by atoms with van der Waals surface area (Å²) >= 11 is 0. The number of rotatable bonds is 4. The van der Waals surface area contributed by atoms with Crippen molar-refractivity contribution in [3.63, 3.8) is 0 Å². The number of carbonyl (C=O) groups excluding carboxylic acids is 1. The minimum atomic E-state index is -0.566. The van der Waals surface area contributed by atoms with Crippen molar-refractivity contribution >= 4 is 17.9 Å². The van der Waals surface area contributed by atoms with Crippen molar-refractivity contribution in [2.24, 2.45) is 5.16 Å². The highest BCUT2D eigenvalue weighted by atomic mass is 16.6. The molecule has 0 heterocycles. The quantitative estimate of drug-likeness (QED) is 0.557. The molecule has 0 bridgehead atoms. The topological polar surface area (TPSA) is 59.9 Å². The third-order valence-electron chi connectivity index (χ3n) is 4.78. The molecule has 1 aliphatic carbocycles. The standard InChI is InChI=1S/C24H28N2O3/c1-16(26-28-5)18-11-8-9-13-20(18)21-15-14-17-10-6-7-12-19(17)22(21)25-23(27)29-24(2,3)4/h6-15,21-22H,1-5H3,(H,25,27)/b26-16+. The molecule has 1 amide bonds. The molecule has 5 nitrogen and oxygen atoms in total. The van der Waals surface area contributed by atoms with Gasteiger partial charge in [0.1, 0.15) is 12.7 Å². The van der Waals surface area contributed by atoms with Gasteiger partial charge in [-0.2, -0.15) is 0 Å². The second-order valence-electron chi connectivity index (χ2n) is 8.08. The summed E-state index contributed by atoms with van der Waals surface area (Å²) in [4.78, 5) is 17.6. The summed E-state index contributed by atoms with van der Waals surface area (Å²) in [5, 5.41) is 7.20. The Labute approximate surface area is 172 Å². The van der Waals surface area contributed by atoms with Gasteiger partial charge in [0.25, 0.3) is 0 Å². The first kappa shape index (κ1) is 20.6. The van der Waals surface area contributed by atoms with Crippen molar-refractivity contribution in [1.29, 1.82) is 0 Å². The van der Waals surface area contributed by atoms with Crippen molar-refractivity contribution in [2.75, 3.05) is 7.11 Å². The van der Waals surface area contributed by atoms with Crippen molar-refractivity contribution in [1.82, 2.24) is 5.32 Å². The van der Waals surface area contributed by atoms with E-state index >= 15 is 0 Å². The molecule has 0 aliphatic heterocycles. The first-order valence-corrected chi connectivity index (χ1v) is 9.74. The zero-order valence-electron chi connectivity index (χ0n) is 17.6. The van der Waals surface area contributed by atoms with Crippen molar-refractivity contribution in [3.8, 4) is 0 Å². The zero-order chi connectivity index (χ0) is 21.0. The van der Waals surface area contributed by atoms with Gasteiger partial charge in [-0.05, 0) is 44.4 Å². The Morgan fingerprint density at radius 1 is 1.03 bits per heavy atom. The monoisotopic (exact) mass is 392 g/mol. The highest BCUT2D eigenvalue weighted by Gasteiger charge is 2.32. The van der Waals surface area contributed by atoms with Crippen molar-refractivity contribution in [2.45, 2.75) is 45.3 Å². The van der Waals surface area contributed by atoms with Gasteiger partial charge < -0.3 is 14.9 Å². The molecule has 0 saturated carbocycles. The molecule has 0 radical (unpaired) electrons. The Balaban J connectivity index is 2.04. The molecule has 152 valence electrons. The molecule has 0 spiro atoms. The van der Waals surface area contributed by atoms with Gasteiger partial charge in [0.05, 0.1) is 11.8 Å². The molecule has 3 rings (SSSR count). The Hall–Kier alpha value is -3.08. The largest absolute Gasteiger partial charge is 0.444 e. The second kappa shape index (κ2) is 8.52. The normalized spacial score (nSPS) is 18.7. The summed E-state index contributed by atoms with van der Waals surface area (Å²) in [6, 6.07) is 15.9. The number of carbonyl (C=O) groups is 1. The fourth-order valence-electron chi connectivity index (χ4n) is 3.65. The lowest BCUT2D eigenvalue weighted by molar-refractivity contribution is 0.0499. The second-order valence-corrected chi connectivity index (χ2v) is 8.08.